The van der Waals surface area contributed by atoms with E-state index in [4.69, 9.17) is 0 Å². The zero-order valence-corrected chi connectivity index (χ0v) is 11.9. The molecule has 1 saturated heterocycles. The van der Waals surface area contributed by atoms with Crippen molar-refractivity contribution in [3.8, 4) is 10.8 Å². The Morgan fingerprint density at radius 2 is 2.00 bits per heavy atom. The molecule has 1 aliphatic carbocycles. The summed E-state index contributed by atoms with van der Waals surface area (Å²) in [5.41, 5.74) is 0.781. The second kappa shape index (κ2) is 4.34. The highest BCUT2D eigenvalue weighted by Crippen LogP contribution is 2.45. The number of rotatable bonds is 2. The van der Waals surface area contributed by atoms with Crippen LogP contribution in [0.5, 0.6) is 0 Å². The van der Waals surface area contributed by atoms with Crippen LogP contribution in [0.25, 0.3) is 10.8 Å². The topological polar surface area (TPSA) is 59.0 Å². The minimum atomic E-state index is 0.120. The third kappa shape index (κ3) is 1.91. The number of aryl methyl sites for hydroxylation is 1. The normalized spacial score (nSPS) is 23.8. The maximum Gasteiger partial charge on any atom is 0.265 e. The molecule has 2 aromatic rings. The summed E-state index contributed by atoms with van der Waals surface area (Å²) in [5.74, 6) is 2.21. The van der Waals surface area contributed by atoms with Gasteiger partial charge in [-0.3, -0.25) is 4.79 Å². The highest BCUT2D eigenvalue weighted by Gasteiger charge is 2.47. The van der Waals surface area contributed by atoms with Gasteiger partial charge in [0.25, 0.3) is 5.91 Å². The molecular formula is C14H14N4OS. The van der Waals surface area contributed by atoms with Crippen LogP contribution in [0.4, 0.5) is 0 Å². The van der Waals surface area contributed by atoms with Gasteiger partial charge in [-0.15, -0.1) is 11.3 Å². The molecule has 1 amide bonds. The van der Waals surface area contributed by atoms with E-state index in [1.807, 2.05) is 11.8 Å². The van der Waals surface area contributed by atoms with Gasteiger partial charge in [-0.05, 0) is 31.2 Å². The molecule has 0 radical (unpaired) electrons. The van der Waals surface area contributed by atoms with Gasteiger partial charge in [0.1, 0.15) is 4.88 Å². The van der Waals surface area contributed by atoms with Gasteiger partial charge < -0.3 is 4.90 Å². The number of likely N-dealkylation sites (tertiary alicyclic amines) is 1. The molecular weight excluding hydrogens is 272 g/mol. The summed E-state index contributed by atoms with van der Waals surface area (Å²) in [6.07, 6.45) is 4.68. The van der Waals surface area contributed by atoms with E-state index >= 15 is 0 Å². The van der Waals surface area contributed by atoms with E-state index in [9.17, 15) is 4.79 Å². The van der Waals surface area contributed by atoms with Crippen LogP contribution in [0.15, 0.2) is 18.5 Å². The number of fused-ring (bicyclic) bond motifs is 1. The minimum Gasteiger partial charge on any atom is -0.337 e. The van der Waals surface area contributed by atoms with Gasteiger partial charge in [-0.25, -0.2) is 15.0 Å². The molecule has 4 rings (SSSR count). The number of hydrogen-bond donors (Lipinski definition) is 0. The highest BCUT2D eigenvalue weighted by atomic mass is 32.1. The maximum atomic E-state index is 12.5. The Bertz CT molecular complexity index is 659. The minimum absolute atomic E-state index is 0.120. The van der Waals surface area contributed by atoms with Gasteiger partial charge in [0.2, 0.25) is 0 Å². The van der Waals surface area contributed by atoms with Crippen LogP contribution in [0.3, 0.4) is 0 Å². The van der Waals surface area contributed by atoms with E-state index in [1.54, 1.807) is 18.5 Å². The molecule has 3 heterocycles. The predicted octanol–water partition coefficient (Wildman–Crippen LogP) is 2.00. The molecule has 1 aliphatic heterocycles. The summed E-state index contributed by atoms with van der Waals surface area (Å²) in [4.78, 5) is 28.1. The molecule has 0 spiro atoms. The first-order valence-corrected chi connectivity index (χ1v) is 7.58. The van der Waals surface area contributed by atoms with Gasteiger partial charge in [-0.2, -0.15) is 0 Å². The Morgan fingerprint density at radius 1 is 1.30 bits per heavy atom. The smallest absolute Gasteiger partial charge is 0.265 e. The lowest BCUT2D eigenvalue weighted by Crippen LogP contribution is -2.30. The molecule has 20 heavy (non-hydrogen) atoms. The van der Waals surface area contributed by atoms with Gasteiger partial charge in [0.05, 0.1) is 5.69 Å². The van der Waals surface area contributed by atoms with Gasteiger partial charge in [0, 0.05) is 25.5 Å². The second-order valence-corrected chi connectivity index (χ2v) is 6.47. The van der Waals surface area contributed by atoms with E-state index in [2.05, 4.69) is 15.0 Å². The summed E-state index contributed by atoms with van der Waals surface area (Å²) >= 11 is 1.40. The fraction of sp³-hybridized carbons (Fsp3) is 0.429. The van der Waals surface area contributed by atoms with E-state index in [0.29, 0.717) is 5.82 Å². The number of thiazole rings is 1. The van der Waals surface area contributed by atoms with Crippen LogP contribution in [0, 0.1) is 18.8 Å². The lowest BCUT2D eigenvalue weighted by molar-refractivity contribution is 0.0779. The summed E-state index contributed by atoms with van der Waals surface area (Å²) in [6, 6.07) is 1.77. The average Bonchev–Trinajstić information content (AvgIpc) is 2.91. The first kappa shape index (κ1) is 12.0. The van der Waals surface area contributed by atoms with E-state index in [0.717, 1.165) is 40.5 Å². The predicted molar refractivity (Wildman–Crippen MR) is 75.4 cm³/mol. The fourth-order valence-electron chi connectivity index (χ4n) is 2.81. The molecule has 2 fully saturated rings. The van der Waals surface area contributed by atoms with Crippen molar-refractivity contribution in [2.45, 2.75) is 13.3 Å². The Kier molecular flexibility index (Phi) is 2.60. The number of carbonyl (C=O) groups is 1. The third-order valence-electron chi connectivity index (χ3n) is 4.01. The molecule has 0 aromatic carbocycles. The Morgan fingerprint density at radius 3 is 2.70 bits per heavy atom. The lowest BCUT2D eigenvalue weighted by Gasteiger charge is -2.16. The Balaban J connectivity index is 1.62. The van der Waals surface area contributed by atoms with Crippen LogP contribution in [0.1, 0.15) is 21.8 Å². The van der Waals surface area contributed by atoms with Gasteiger partial charge >= 0.3 is 0 Å². The number of aromatic nitrogens is 3. The van der Waals surface area contributed by atoms with Crippen LogP contribution < -0.4 is 0 Å². The van der Waals surface area contributed by atoms with Crippen molar-refractivity contribution in [2.75, 3.05) is 13.1 Å². The van der Waals surface area contributed by atoms with Crippen LogP contribution in [-0.4, -0.2) is 38.8 Å². The van der Waals surface area contributed by atoms with Crippen molar-refractivity contribution in [1.82, 2.24) is 19.9 Å². The van der Waals surface area contributed by atoms with Crippen molar-refractivity contribution in [3.63, 3.8) is 0 Å². The molecule has 2 aliphatic rings. The number of hydrogen-bond acceptors (Lipinski definition) is 5. The van der Waals surface area contributed by atoms with E-state index in [1.165, 1.54) is 17.8 Å². The quantitative estimate of drug-likeness (QED) is 0.847. The molecule has 1 saturated carbocycles. The van der Waals surface area contributed by atoms with Gasteiger partial charge in [-0.1, -0.05) is 0 Å². The first-order chi connectivity index (χ1) is 9.72. The number of piperidine rings is 1. The number of carbonyl (C=O) groups excluding carboxylic acids is 1. The Hall–Kier alpha value is -1.82. The molecule has 2 atom stereocenters. The standard InChI is InChI=1S/C14H14N4OS/c1-8-11(14(19)18-6-9-5-10(9)7-18)20-13(17-8)12-15-3-2-4-16-12/h2-4,9-10H,5-7H2,1H3. The summed E-state index contributed by atoms with van der Waals surface area (Å²) in [6.45, 7) is 3.71. The number of nitrogens with zero attached hydrogens (tertiary/aromatic N) is 4. The maximum absolute atomic E-state index is 12.5. The zero-order chi connectivity index (χ0) is 13.7. The number of amides is 1. The lowest BCUT2D eigenvalue weighted by atomic mass is 10.3. The summed E-state index contributed by atoms with van der Waals surface area (Å²) < 4.78 is 0. The fourth-order valence-corrected chi connectivity index (χ4v) is 3.79. The summed E-state index contributed by atoms with van der Waals surface area (Å²) in [7, 11) is 0. The molecule has 6 heteroatoms. The summed E-state index contributed by atoms with van der Waals surface area (Å²) in [5, 5.41) is 0.718. The van der Waals surface area contributed by atoms with Crippen molar-refractivity contribution in [2.24, 2.45) is 11.8 Å². The molecule has 2 unspecified atom stereocenters. The average molecular weight is 286 g/mol. The van der Waals surface area contributed by atoms with Crippen LogP contribution in [0.2, 0.25) is 0 Å². The molecule has 0 bridgehead atoms. The van der Waals surface area contributed by atoms with Crippen LogP contribution in [-0.2, 0) is 0 Å². The van der Waals surface area contributed by atoms with Crippen molar-refractivity contribution < 1.29 is 4.79 Å². The third-order valence-corrected chi connectivity index (χ3v) is 5.16. The van der Waals surface area contributed by atoms with Crippen molar-refractivity contribution >= 4 is 17.2 Å². The van der Waals surface area contributed by atoms with E-state index < -0.39 is 0 Å². The van der Waals surface area contributed by atoms with Crippen molar-refractivity contribution in [1.29, 1.82) is 0 Å². The molecule has 2 aromatic heterocycles. The molecule has 102 valence electrons. The monoisotopic (exact) mass is 286 g/mol. The first-order valence-electron chi connectivity index (χ1n) is 6.76. The van der Waals surface area contributed by atoms with Gasteiger partial charge in [0.15, 0.2) is 10.8 Å². The molecule has 0 N–H and O–H groups in total. The van der Waals surface area contributed by atoms with Crippen LogP contribution >= 0.6 is 11.3 Å². The zero-order valence-electron chi connectivity index (χ0n) is 11.1. The van der Waals surface area contributed by atoms with E-state index in [-0.39, 0.29) is 5.91 Å². The van der Waals surface area contributed by atoms with Crippen molar-refractivity contribution in [3.05, 3.63) is 29.0 Å². The Labute approximate surface area is 120 Å². The largest absolute Gasteiger partial charge is 0.337 e. The SMILES string of the molecule is Cc1nc(-c2ncccn2)sc1C(=O)N1CC2CC2C1. The second-order valence-electron chi connectivity index (χ2n) is 5.47. The molecule has 5 nitrogen and oxygen atoms in total. The highest BCUT2D eigenvalue weighted by molar-refractivity contribution is 7.17.